The van der Waals surface area contributed by atoms with E-state index in [4.69, 9.17) is 4.74 Å². The van der Waals surface area contributed by atoms with Crippen molar-refractivity contribution < 1.29 is 32.6 Å². The fraction of sp³-hybridized carbons (Fsp3) is 0.345. The summed E-state index contributed by atoms with van der Waals surface area (Å²) in [7, 11) is -1.12. The molecule has 0 bridgehead atoms. The quantitative estimate of drug-likeness (QED) is 0.215. The van der Waals surface area contributed by atoms with Gasteiger partial charge >= 0.3 is 0 Å². The zero-order valence-corrected chi connectivity index (χ0v) is 23.8. The van der Waals surface area contributed by atoms with E-state index in [1.165, 1.54) is 48.2 Å². The molecule has 0 radical (unpaired) electrons. The van der Waals surface area contributed by atoms with Crippen LogP contribution < -0.4 is 4.90 Å². The summed E-state index contributed by atoms with van der Waals surface area (Å²) >= 11 is 0. The van der Waals surface area contributed by atoms with Gasteiger partial charge in [-0.25, -0.2) is 12.7 Å². The Morgan fingerprint density at radius 2 is 1.78 bits per heavy atom. The molecule has 2 aromatic rings. The van der Waals surface area contributed by atoms with Crippen molar-refractivity contribution in [3.63, 3.8) is 0 Å². The maximum absolute atomic E-state index is 14.4. The molecule has 3 heterocycles. The topological polar surface area (TPSA) is 128 Å². The number of carbonyl (C=O) groups excluding carboxylic acids is 3. The number of aliphatic hydroxyl groups excluding tert-OH is 1. The second-order valence-corrected chi connectivity index (χ2v) is 12.4. The van der Waals surface area contributed by atoms with Crippen LogP contribution in [0.1, 0.15) is 11.1 Å². The number of para-hydroxylation sites is 1. The van der Waals surface area contributed by atoms with Crippen LogP contribution in [0.3, 0.4) is 0 Å². The molecule has 41 heavy (non-hydrogen) atoms. The molecule has 5 rings (SSSR count). The highest BCUT2D eigenvalue weighted by molar-refractivity contribution is 7.89. The minimum Gasteiger partial charge on any atom is -0.507 e. The summed E-state index contributed by atoms with van der Waals surface area (Å²) in [4.78, 5) is 46.6. The van der Waals surface area contributed by atoms with Gasteiger partial charge in [0.1, 0.15) is 5.76 Å². The Morgan fingerprint density at radius 1 is 1.07 bits per heavy atom. The number of benzene rings is 2. The first kappa shape index (κ1) is 28.7. The summed E-state index contributed by atoms with van der Waals surface area (Å²) in [6.07, 6.45) is 1.54. The average Bonchev–Trinajstić information content (AvgIpc) is 3.35. The molecule has 2 fully saturated rings. The lowest BCUT2D eigenvalue weighted by Gasteiger charge is -2.36. The Kier molecular flexibility index (Phi) is 7.60. The molecular formula is C29H32N4O7S. The van der Waals surface area contributed by atoms with E-state index in [1.807, 2.05) is 0 Å². The Morgan fingerprint density at radius 3 is 2.46 bits per heavy atom. The van der Waals surface area contributed by atoms with Crippen LogP contribution in [0.5, 0.6) is 0 Å². The second kappa shape index (κ2) is 10.9. The van der Waals surface area contributed by atoms with E-state index in [-0.39, 0.29) is 23.5 Å². The van der Waals surface area contributed by atoms with E-state index in [1.54, 1.807) is 30.3 Å². The number of likely N-dealkylation sites (tertiary alicyclic amines) is 1. The van der Waals surface area contributed by atoms with Crippen LogP contribution in [0.4, 0.5) is 5.69 Å². The fourth-order valence-corrected chi connectivity index (χ4v) is 6.65. The number of Topliss-reactive ketones (excluding diaryl/α,β-unsaturated/α-hetero) is 1. The van der Waals surface area contributed by atoms with Crippen molar-refractivity contribution in [2.75, 3.05) is 64.9 Å². The van der Waals surface area contributed by atoms with Gasteiger partial charge in [0, 0.05) is 57.9 Å². The van der Waals surface area contributed by atoms with E-state index in [9.17, 15) is 27.9 Å². The van der Waals surface area contributed by atoms with Crippen molar-refractivity contribution in [3.8, 4) is 0 Å². The first-order chi connectivity index (χ1) is 19.6. The lowest BCUT2D eigenvalue weighted by molar-refractivity contribution is -0.144. The summed E-state index contributed by atoms with van der Waals surface area (Å²) in [5.41, 5.74) is -1.48. The minimum atomic E-state index is -3.88. The number of hydrogen-bond donors (Lipinski definition) is 1. The number of rotatable bonds is 8. The van der Waals surface area contributed by atoms with Gasteiger partial charge in [-0.1, -0.05) is 36.4 Å². The number of aliphatic hydroxyl groups is 1. The third-order valence-electron chi connectivity index (χ3n) is 7.75. The molecule has 1 atom stereocenters. The van der Waals surface area contributed by atoms with Crippen LogP contribution in [0, 0.1) is 0 Å². The predicted octanol–water partition coefficient (Wildman–Crippen LogP) is 1.38. The number of anilines is 1. The van der Waals surface area contributed by atoms with Gasteiger partial charge in [0.2, 0.25) is 10.0 Å². The predicted molar refractivity (Wildman–Crippen MR) is 152 cm³/mol. The molecular weight excluding hydrogens is 548 g/mol. The SMILES string of the molecule is C=CCN1C(=O)C2(/C(=C(\O)c3cccc(S(=O)(=O)N(C)C)c3)C(=O)C(=O)N2CCN2CCOCC2)c2ccccc21. The average molecular weight is 581 g/mol. The first-order valence-electron chi connectivity index (χ1n) is 13.2. The summed E-state index contributed by atoms with van der Waals surface area (Å²) in [6, 6.07) is 12.3. The van der Waals surface area contributed by atoms with E-state index < -0.39 is 44.5 Å². The standard InChI is InChI=1S/C29H32N4O7S/c1-4-12-32-23-11-6-5-10-22(23)29(28(32)37)24(25(34)20-8-7-9-21(19-20)41(38,39)30(2)3)26(35)27(36)33(29)14-13-31-15-17-40-18-16-31/h4-11,19,34H,1,12-18H2,2-3H3/b25-24-. The summed E-state index contributed by atoms with van der Waals surface area (Å²) in [5.74, 6) is -3.13. The van der Waals surface area contributed by atoms with Gasteiger partial charge in [0.05, 0.1) is 29.4 Å². The molecule has 0 aromatic heterocycles. The van der Waals surface area contributed by atoms with Crippen molar-refractivity contribution in [2.24, 2.45) is 0 Å². The molecule has 0 saturated carbocycles. The third-order valence-corrected chi connectivity index (χ3v) is 9.56. The number of nitrogens with zero attached hydrogens (tertiary/aromatic N) is 4. The van der Waals surface area contributed by atoms with Gasteiger partial charge in [-0.2, -0.15) is 0 Å². The molecule has 1 unspecified atom stereocenters. The monoisotopic (exact) mass is 580 g/mol. The second-order valence-electron chi connectivity index (χ2n) is 10.2. The largest absolute Gasteiger partial charge is 0.507 e. The van der Waals surface area contributed by atoms with Crippen molar-refractivity contribution in [1.29, 1.82) is 0 Å². The van der Waals surface area contributed by atoms with Crippen LogP contribution in [0.2, 0.25) is 0 Å². The molecule has 12 heteroatoms. The maximum Gasteiger partial charge on any atom is 0.296 e. The van der Waals surface area contributed by atoms with E-state index >= 15 is 0 Å². The molecule has 3 aliphatic rings. The molecule has 2 amide bonds. The minimum absolute atomic E-state index is 0.00840. The number of hydrogen-bond acceptors (Lipinski definition) is 8. The van der Waals surface area contributed by atoms with Crippen LogP contribution >= 0.6 is 0 Å². The van der Waals surface area contributed by atoms with Gasteiger partial charge in [-0.05, 0) is 18.2 Å². The van der Waals surface area contributed by atoms with Gasteiger partial charge in [-0.3, -0.25) is 19.3 Å². The van der Waals surface area contributed by atoms with E-state index in [0.717, 1.165) is 4.31 Å². The Balaban J connectivity index is 1.73. The van der Waals surface area contributed by atoms with Gasteiger partial charge in [-0.15, -0.1) is 6.58 Å². The lowest BCUT2D eigenvalue weighted by atomic mass is 9.82. The first-order valence-corrected chi connectivity index (χ1v) is 14.7. The Hall–Kier alpha value is -3.84. The highest BCUT2D eigenvalue weighted by atomic mass is 32.2. The molecule has 1 N–H and O–H groups in total. The number of amides is 2. The summed E-state index contributed by atoms with van der Waals surface area (Å²) in [5, 5.41) is 11.7. The zero-order chi connectivity index (χ0) is 29.5. The smallest absolute Gasteiger partial charge is 0.296 e. The number of fused-ring (bicyclic) bond motifs is 2. The number of carbonyl (C=O) groups is 3. The number of ether oxygens (including phenoxy) is 1. The van der Waals surface area contributed by atoms with E-state index in [0.29, 0.717) is 44.1 Å². The van der Waals surface area contributed by atoms with Crippen LogP contribution in [-0.2, 0) is 34.7 Å². The number of sulfonamides is 1. The molecule has 0 aliphatic carbocycles. The molecule has 1 spiro atoms. The summed E-state index contributed by atoms with van der Waals surface area (Å²) in [6.45, 7) is 6.63. The van der Waals surface area contributed by atoms with Crippen LogP contribution in [0.15, 0.2) is 71.7 Å². The maximum atomic E-state index is 14.4. The van der Waals surface area contributed by atoms with E-state index in [2.05, 4.69) is 11.5 Å². The molecule has 11 nitrogen and oxygen atoms in total. The highest BCUT2D eigenvalue weighted by Gasteiger charge is 2.67. The lowest BCUT2D eigenvalue weighted by Crippen LogP contribution is -2.54. The fourth-order valence-electron chi connectivity index (χ4n) is 5.70. The number of morpholine rings is 1. The van der Waals surface area contributed by atoms with Crippen LogP contribution in [-0.4, -0.2) is 105 Å². The summed E-state index contributed by atoms with van der Waals surface area (Å²) < 4.78 is 32.1. The van der Waals surface area contributed by atoms with Gasteiger partial charge in [0.15, 0.2) is 5.54 Å². The molecule has 3 aliphatic heterocycles. The van der Waals surface area contributed by atoms with Crippen molar-refractivity contribution >= 4 is 39.1 Å². The van der Waals surface area contributed by atoms with Gasteiger partial charge < -0.3 is 19.6 Å². The van der Waals surface area contributed by atoms with Crippen molar-refractivity contribution in [1.82, 2.24) is 14.1 Å². The van der Waals surface area contributed by atoms with Crippen LogP contribution in [0.25, 0.3) is 5.76 Å². The Labute approximate surface area is 238 Å². The normalized spacial score (nSPS) is 22.7. The Bertz CT molecular complexity index is 1560. The highest BCUT2D eigenvalue weighted by Crippen LogP contribution is 2.53. The number of ketones is 1. The van der Waals surface area contributed by atoms with Crippen molar-refractivity contribution in [3.05, 3.63) is 77.9 Å². The third kappa shape index (κ3) is 4.47. The van der Waals surface area contributed by atoms with Gasteiger partial charge in [0.25, 0.3) is 17.6 Å². The molecule has 2 aromatic carbocycles. The zero-order valence-electron chi connectivity index (χ0n) is 22.9. The van der Waals surface area contributed by atoms with Crippen molar-refractivity contribution in [2.45, 2.75) is 10.4 Å². The molecule has 216 valence electrons. The molecule has 2 saturated heterocycles.